The molecule has 4 aromatic rings. The highest BCUT2D eigenvalue weighted by molar-refractivity contribution is 6.19. The van der Waals surface area contributed by atoms with Crippen molar-refractivity contribution in [3.8, 4) is 0 Å². The molecule has 6 rings (SSSR count). The van der Waals surface area contributed by atoms with Gasteiger partial charge < -0.3 is 19.2 Å². The highest BCUT2D eigenvalue weighted by Gasteiger charge is 2.35. The fraction of sp³-hybridized carbons (Fsp3) is 0.300. The van der Waals surface area contributed by atoms with Gasteiger partial charge >= 0.3 is 0 Å². The first-order chi connectivity index (χ1) is 19.0. The highest BCUT2D eigenvalue weighted by atomic mass is 19.1. The average Bonchev–Trinajstić information content (AvgIpc) is 3.61. The second-order valence-corrected chi connectivity index (χ2v) is 9.74. The van der Waals surface area contributed by atoms with Crippen molar-refractivity contribution in [2.24, 2.45) is 0 Å². The summed E-state index contributed by atoms with van der Waals surface area (Å²) in [6, 6.07) is 19.7. The fourth-order valence-electron chi connectivity index (χ4n) is 5.07. The molecule has 0 aliphatic carbocycles. The van der Waals surface area contributed by atoms with Crippen LogP contribution in [-0.2, 0) is 14.2 Å². The largest absolute Gasteiger partial charge is 0.379 e. The van der Waals surface area contributed by atoms with Crippen molar-refractivity contribution in [3.63, 3.8) is 0 Å². The lowest BCUT2D eigenvalue weighted by atomic mass is 9.88. The van der Waals surface area contributed by atoms with E-state index >= 15 is 0 Å². The molecule has 39 heavy (non-hydrogen) atoms. The Kier molecular flexibility index (Phi) is 7.30. The first-order valence-corrected chi connectivity index (χ1v) is 13.0. The number of nitrogens with one attached hydrogen (secondary N) is 1. The molecule has 3 heterocycles. The second kappa shape index (κ2) is 11.2. The van der Waals surface area contributed by atoms with Crippen molar-refractivity contribution in [2.45, 2.75) is 18.3 Å². The van der Waals surface area contributed by atoms with Gasteiger partial charge in [0.1, 0.15) is 23.7 Å². The summed E-state index contributed by atoms with van der Waals surface area (Å²) in [4.78, 5) is 37.5. The standard InChI is InChI=1S/C30H28FN3O5/c31-22-8-4-7-21(16-22)29(36)27(30-32-23-9-1-2-10-24(23)33-30)28(35)20-6-3-5-19(15-20)25-18-38-26(39-25)17-34-11-13-37-14-12-34/h1-10,15-16,25-27H,11-14,17-18H2,(H,32,33). The third kappa shape index (κ3) is 5.53. The quantitative estimate of drug-likeness (QED) is 0.269. The number of benzene rings is 3. The summed E-state index contributed by atoms with van der Waals surface area (Å²) in [5.41, 5.74) is 2.56. The van der Waals surface area contributed by atoms with Gasteiger partial charge in [-0.05, 0) is 35.9 Å². The van der Waals surface area contributed by atoms with Gasteiger partial charge in [0, 0.05) is 30.8 Å². The van der Waals surface area contributed by atoms with Crippen LogP contribution in [0.3, 0.4) is 0 Å². The van der Waals surface area contributed by atoms with E-state index in [4.69, 9.17) is 14.2 Å². The number of imidazole rings is 1. The van der Waals surface area contributed by atoms with E-state index < -0.39 is 23.3 Å². The predicted molar refractivity (Wildman–Crippen MR) is 141 cm³/mol. The molecule has 3 aromatic carbocycles. The van der Waals surface area contributed by atoms with Crippen LogP contribution < -0.4 is 0 Å². The lowest BCUT2D eigenvalue weighted by Crippen LogP contribution is -2.41. The van der Waals surface area contributed by atoms with Gasteiger partial charge in [0.2, 0.25) is 0 Å². The first kappa shape index (κ1) is 25.5. The summed E-state index contributed by atoms with van der Waals surface area (Å²) in [5, 5.41) is 0. The van der Waals surface area contributed by atoms with Crippen molar-refractivity contribution in [1.82, 2.24) is 14.9 Å². The molecule has 9 heteroatoms. The fourth-order valence-corrected chi connectivity index (χ4v) is 5.07. The molecule has 3 unspecified atom stereocenters. The van der Waals surface area contributed by atoms with E-state index in [2.05, 4.69) is 14.9 Å². The Morgan fingerprint density at radius 1 is 0.974 bits per heavy atom. The lowest BCUT2D eigenvalue weighted by molar-refractivity contribution is -0.0881. The van der Waals surface area contributed by atoms with E-state index in [-0.39, 0.29) is 23.8 Å². The van der Waals surface area contributed by atoms with E-state index in [1.807, 2.05) is 24.3 Å². The number of fused-ring (bicyclic) bond motifs is 1. The maximum atomic E-state index is 14.0. The zero-order valence-electron chi connectivity index (χ0n) is 21.2. The number of aromatic amines is 1. The molecule has 2 aliphatic rings. The molecule has 0 saturated carbocycles. The van der Waals surface area contributed by atoms with Crippen molar-refractivity contribution in [2.75, 3.05) is 39.5 Å². The minimum Gasteiger partial charge on any atom is -0.379 e. The van der Waals surface area contributed by atoms with Crippen LogP contribution in [0.5, 0.6) is 0 Å². The van der Waals surface area contributed by atoms with E-state index in [9.17, 15) is 14.0 Å². The number of ketones is 2. The van der Waals surface area contributed by atoms with Gasteiger partial charge in [0.05, 0.1) is 30.9 Å². The molecule has 2 fully saturated rings. The number of hydrogen-bond donors (Lipinski definition) is 1. The molecule has 2 saturated heterocycles. The summed E-state index contributed by atoms with van der Waals surface area (Å²) in [6.45, 7) is 4.07. The maximum Gasteiger partial charge on any atom is 0.181 e. The van der Waals surface area contributed by atoms with Crippen LogP contribution >= 0.6 is 0 Å². The normalized spacial score (nSPS) is 20.7. The summed E-state index contributed by atoms with van der Waals surface area (Å²) in [5.74, 6) is -2.58. The van der Waals surface area contributed by atoms with Crippen LogP contribution in [0, 0.1) is 5.82 Å². The lowest BCUT2D eigenvalue weighted by Gasteiger charge is -2.28. The van der Waals surface area contributed by atoms with Gasteiger partial charge in [0.15, 0.2) is 17.9 Å². The molecule has 1 aromatic heterocycles. The second-order valence-electron chi connectivity index (χ2n) is 9.74. The molecule has 200 valence electrons. The predicted octanol–water partition coefficient (Wildman–Crippen LogP) is 4.30. The van der Waals surface area contributed by atoms with Gasteiger partial charge in [-0.1, -0.05) is 42.5 Å². The van der Waals surface area contributed by atoms with Crippen molar-refractivity contribution >= 4 is 22.6 Å². The number of para-hydroxylation sites is 2. The van der Waals surface area contributed by atoms with E-state index in [0.717, 1.165) is 24.7 Å². The van der Waals surface area contributed by atoms with E-state index in [0.29, 0.717) is 43.0 Å². The molecule has 0 amide bonds. The summed E-state index contributed by atoms with van der Waals surface area (Å²) in [6.07, 6.45) is -0.710. The Morgan fingerprint density at radius 3 is 2.49 bits per heavy atom. The minimum absolute atomic E-state index is 0.100. The Balaban J connectivity index is 1.27. The molecule has 3 atom stereocenters. The van der Waals surface area contributed by atoms with Crippen LogP contribution in [-0.4, -0.2) is 72.2 Å². The molecule has 0 spiro atoms. The van der Waals surface area contributed by atoms with Crippen LogP contribution in [0.4, 0.5) is 4.39 Å². The van der Waals surface area contributed by atoms with Gasteiger partial charge in [-0.2, -0.15) is 0 Å². The number of hydrogen-bond acceptors (Lipinski definition) is 7. The zero-order chi connectivity index (χ0) is 26.8. The zero-order valence-corrected chi connectivity index (χ0v) is 21.2. The number of halogens is 1. The number of morpholine rings is 1. The van der Waals surface area contributed by atoms with Crippen molar-refractivity contribution in [1.29, 1.82) is 0 Å². The van der Waals surface area contributed by atoms with Gasteiger partial charge in [-0.15, -0.1) is 0 Å². The first-order valence-electron chi connectivity index (χ1n) is 13.0. The highest BCUT2D eigenvalue weighted by Crippen LogP contribution is 2.30. The Bertz CT molecular complexity index is 1470. The van der Waals surface area contributed by atoms with Crippen molar-refractivity contribution < 1.29 is 28.2 Å². The summed E-state index contributed by atoms with van der Waals surface area (Å²) < 4.78 is 31.4. The molecular formula is C30H28FN3O5. The molecular weight excluding hydrogens is 501 g/mol. The number of nitrogens with zero attached hydrogens (tertiary/aromatic N) is 2. The maximum absolute atomic E-state index is 14.0. The summed E-state index contributed by atoms with van der Waals surface area (Å²) >= 11 is 0. The van der Waals surface area contributed by atoms with Crippen molar-refractivity contribution in [3.05, 3.63) is 101 Å². The van der Waals surface area contributed by atoms with Gasteiger partial charge in [0.25, 0.3) is 0 Å². The minimum atomic E-state index is -1.27. The van der Waals surface area contributed by atoms with E-state index in [1.54, 1.807) is 24.3 Å². The Hall–Kier alpha value is -3.76. The monoisotopic (exact) mass is 529 g/mol. The van der Waals surface area contributed by atoms with Gasteiger partial charge in [-0.25, -0.2) is 9.37 Å². The van der Waals surface area contributed by atoms with Crippen LogP contribution in [0.2, 0.25) is 0 Å². The third-order valence-electron chi connectivity index (χ3n) is 7.12. The third-order valence-corrected chi connectivity index (χ3v) is 7.12. The van der Waals surface area contributed by atoms with Crippen LogP contribution in [0.15, 0.2) is 72.8 Å². The number of carbonyl (C=O) groups excluding carboxylic acids is 2. The van der Waals surface area contributed by atoms with E-state index in [1.165, 1.54) is 18.2 Å². The molecule has 0 bridgehead atoms. The van der Waals surface area contributed by atoms with Crippen LogP contribution in [0.25, 0.3) is 11.0 Å². The number of carbonyl (C=O) groups is 2. The summed E-state index contributed by atoms with van der Waals surface area (Å²) in [7, 11) is 0. The number of ether oxygens (including phenoxy) is 3. The van der Waals surface area contributed by atoms with Gasteiger partial charge in [-0.3, -0.25) is 14.5 Å². The Morgan fingerprint density at radius 2 is 1.72 bits per heavy atom. The smallest absolute Gasteiger partial charge is 0.181 e. The number of aromatic nitrogens is 2. The molecule has 1 N–H and O–H groups in total. The number of H-pyrrole nitrogens is 1. The number of Topliss-reactive ketones (excluding diaryl/α,β-unsaturated/α-hetero) is 2. The SMILES string of the molecule is O=C(c1cccc(F)c1)C(C(=O)c1cccc(C2COC(CN3CCOCC3)O2)c1)c1nc2ccccc2[nH]1. The number of rotatable bonds is 8. The topological polar surface area (TPSA) is 93.8 Å². The van der Waals surface area contributed by atoms with Crippen LogP contribution in [0.1, 0.15) is 44.1 Å². The average molecular weight is 530 g/mol. The Labute approximate surface area is 224 Å². The molecule has 2 aliphatic heterocycles. The molecule has 8 nitrogen and oxygen atoms in total. The molecule has 0 radical (unpaired) electrons.